The van der Waals surface area contributed by atoms with Gasteiger partial charge < -0.3 is 5.32 Å². The summed E-state index contributed by atoms with van der Waals surface area (Å²) in [5.41, 5.74) is 0. The van der Waals surface area contributed by atoms with Gasteiger partial charge in [0, 0.05) is 18.5 Å². The SMILES string of the molecule is CCC1NC(=O)CC(C)N1C(C)C. The molecule has 2 atom stereocenters. The normalized spacial score (nSPS) is 30.7. The van der Waals surface area contributed by atoms with E-state index in [1.165, 1.54) is 0 Å². The molecule has 3 heteroatoms. The number of hydrogen-bond donors (Lipinski definition) is 1. The zero-order valence-electron chi connectivity index (χ0n) is 9.00. The summed E-state index contributed by atoms with van der Waals surface area (Å²) >= 11 is 0. The summed E-state index contributed by atoms with van der Waals surface area (Å²) in [5, 5.41) is 3.01. The summed E-state index contributed by atoms with van der Waals surface area (Å²) in [6, 6.07) is 0.874. The molecule has 1 N–H and O–H groups in total. The van der Waals surface area contributed by atoms with Crippen LogP contribution < -0.4 is 5.32 Å². The van der Waals surface area contributed by atoms with Crippen LogP contribution in [0.3, 0.4) is 0 Å². The Hall–Kier alpha value is -0.570. The average molecular weight is 184 g/mol. The largest absolute Gasteiger partial charge is 0.341 e. The summed E-state index contributed by atoms with van der Waals surface area (Å²) in [5.74, 6) is 0.191. The van der Waals surface area contributed by atoms with Crippen LogP contribution in [0.15, 0.2) is 0 Å². The van der Waals surface area contributed by atoms with Crippen LogP contribution in [0.1, 0.15) is 40.5 Å². The Labute approximate surface area is 80.5 Å². The Morgan fingerprint density at radius 2 is 2.23 bits per heavy atom. The van der Waals surface area contributed by atoms with Gasteiger partial charge in [0.05, 0.1) is 6.17 Å². The molecule has 76 valence electrons. The van der Waals surface area contributed by atoms with Crippen LogP contribution in [0.25, 0.3) is 0 Å². The van der Waals surface area contributed by atoms with Gasteiger partial charge in [-0.2, -0.15) is 0 Å². The highest BCUT2D eigenvalue weighted by Crippen LogP contribution is 2.18. The van der Waals surface area contributed by atoms with Crippen molar-refractivity contribution >= 4 is 5.91 Å². The van der Waals surface area contributed by atoms with Gasteiger partial charge in [-0.3, -0.25) is 9.69 Å². The van der Waals surface area contributed by atoms with E-state index in [0.29, 0.717) is 18.5 Å². The minimum absolute atomic E-state index is 0.191. The maximum atomic E-state index is 11.3. The van der Waals surface area contributed by atoms with Crippen LogP contribution in [0.5, 0.6) is 0 Å². The van der Waals surface area contributed by atoms with E-state index in [-0.39, 0.29) is 12.1 Å². The quantitative estimate of drug-likeness (QED) is 0.702. The van der Waals surface area contributed by atoms with Gasteiger partial charge >= 0.3 is 0 Å². The van der Waals surface area contributed by atoms with Gasteiger partial charge in [0.15, 0.2) is 0 Å². The van der Waals surface area contributed by atoms with E-state index in [9.17, 15) is 4.79 Å². The van der Waals surface area contributed by atoms with E-state index in [0.717, 1.165) is 6.42 Å². The van der Waals surface area contributed by atoms with Crippen LogP contribution in [-0.4, -0.2) is 29.1 Å². The predicted molar refractivity (Wildman–Crippen MR) is 53.3 cm³/mol. The summed E-state index contributed by atoms with van der Waals surface area (Å²) in [7, 11) is 0. The third-order valence-electron chi connectivity index (χ3n) is 2.66. The van der Waals surface area contributed by atoms with Gasteiger partial charge in [-0.15, -0.1) is 0 Å². The molecule has 0 aromatic heterocycles. The highest BCUT2D eigenvalue weighted by molar-refractivity contribution is 5.77. The maximum Gasteiger partial charge on any atom is 0.222 e. The van der Waals surface area contributed by atoms with Crippen molar-refractivity contribution in [3.63, 3.8) is 0 Å². The van der Waals surface area contributed by atoms with E-state index in [1.807, 2.05) is 0 Å². The first-order valence-electron chi connectivity index (χ1n) is 5.13. The number of rotatable bonds is 2. The van der Waals surface area contributed by atoms with Crippen molar-refractivity contribution in [2.24, 2.45) is 0 Å². The molecule has 2 unspecified atom stereocenters. The highest BCUT2D eigenvalue weighted by atomic mass is 16.2. The van der Waals surface area contributed by atoms with Gasteiger partial charge in [-0.25, -0.2) is 0 Å². The molecule has 0 aromatic rings. The lowest BCUT2D eigenvalue weighted by Crippen LogP contribution is -2.59. The lowest BCUT2D eigenvalue weighted by Gasteiger charge is -2.43. The third kappa shape index (κ3) is 2.21. The second-order valence-electron chi connectivity index (χ2n) is 4.09. The molecular formula is C10H20N2O. The fourth-order valence-electron chi connectivity index (χ4n) is 2.18. The molecule has 3 nitrogen and oxygen atoms in total. The summed E-state index contributed by atoms with van der Waals surface area (Å²) < 4.78 is 0. The molecule has 0 aliphatic carbocycles. The standard InChI is InChI=1S/C10H20N2O/c1-5-9-11-10(13)6-8(4)12(9)7(2)3/h7-9H,5-6H2,1-4H3,(H,11,13). The lowest BCUT2D eigenvalue weighted by molar-refractivity contribution is -0.129. The van der Waals surface area contributed by atoms with Gasteiger partial charge in [0.1, 0.15) is 0 Å². The van der Waals surface area contributed by atoms with Crippen molar-refractivity contribution in [2.45, 2.75) is 58.8 Å². The zero-order valence-corrected chi connectivity index (χ0v) is 9.00. The minimum atomic E-state index is 0.191. The van der Waals surface area contributed by atoms with E-state index >= 15 is 0 Å². The molecule has 13 heavy (non-hydrogen) atoms. The number of carbonyl (C=O) groups is 1. The van der Waals surface area contributed by atoms with Crippen LogP contribution in [0.4, 0.5) is 0 Å². The second kappa shape index (κ2) is 4.09. The molecule has 1 rings (SSSR count). The molecular weight excluding hydrogens is 164 g/mol. The van der Waals surface area contributed by atoms with Crippen molar-refractivity contribution in [1.29, 1.82) is 0 Å². The van der Waals surface area contributed by atoms with Crippen LogP contribution >= 0.6 is 0 Å². The fourth-order valence-corrected chi connectivity index (χ4v) is 2.18. The van der Waals surface area contributed by atoms with Crippen LogP contribution in [0.2, 0.25) is 0 Å². The molecule has 0 bridgehead atoms. The van der Waals surface area contributed by atoms with Gasteiger partial charge in [0.25, 0.3) is 0 Å². The molecule has 0 spiro atoms. The fraction of sp³-hybridized carbons (Fsp3) is 0.900. The Kier molecular flexibility index (Phi) is 3.31. The molecule has 0 aromatic carbocycles. The summed E-state index contributed by atoms with van der Waals surface area (Å²) in [6.07, 6.45) is 1.85. The molecule has 1 amide bonds. The van der Waals surface area contributed by atoms with Crippen LogP contribution in [0, 0.1) is 0 Å². The monoisotopic (exact) mass is 184 g/mol. The molecule has 1 heterocycles. The van der Waals surface area contributed by atoms with Gasteiger partial charge in [0.2, 0.25) is 5.91 Å². The summed E-state index contributed by atoms with van der Waals surface area (Å²) in [4.78, 5) is 13.6. The number of nitrogens with zero attached hydrogens (tertiary/aromatic N) is 1. The van der Waals surface area contributed by atoms with Crippen molar-refractivity contribution in [3.05, 3.63) is 0 Å². The van der Waals surface area contributed by atoms with Crippen molar-refractivity contribution < 1.29 is 4.79 Å². The molecule has 1 aliphatic heterocycles. The average Bonchev–Trinajstić information content (AvgIpc) is 2.01. The topological polar surface area (TPSA) is 32.3 Å². The third-order valence-corrected chi connectivity index (χ3v) is 2.66. The van der Waals surface area contributed by atoms with Crippen LogP contribution in [-0.2, 0) is 4.79 Å². The second-order valence-corrected chi connectivity index (χ2v) is 4.09. The predicted octanol–water partition coefficient (Wildman–Crippen LogP) is 1.34. The minimum Gasteiger partial charge on any atom is -0.341 e. The first kappa shape index (κ1) is 10.5. The van der Waals surface area contributed by atoms with Gasteiger partial charge in [-0.1, -0.05) is 6.92 Å². The molecule has 1 aliphatic rings. The van der Waals surface area contributed by atoms with Crippen molar-refractivity contribution in [2.75, 3.05) is 0 Å². The number of hydrogen-bond acceptors (Lipinski definition) is 2. The number of amides is 1. The van der Waals surface area contributed by atoms with Gasteiger partial charge in [-0.05, 0) is 27.2 Å². The summed E-state index contributed by atoms with van der Waals surface area (Å²) in [6.45, 7) is 8.59. The molecule has 0 radical (unpaired) electrons. The molecule has 1 fully saturated rings. The van der Waals surface area contributed by atoms with E-state index in [4.69, 9.17) is 0 Å². The maximum absolute atomic E-state index is 11.3. The smallest absolute Gasteiger partial charge is 0.222 e. The zero-order chi connectivity index (χ0) is 10.0. The lowest BCUT2D eigenvalue weighted by atomic mass is 10.1. The first-order chi connectivity index (χ1) is 6.06. The van der Waals surface area contributed by atoms with Crippen molar-refractivity contribution in [3.8, 4) is 0 Å². The van der Waals surface area contributed by atoms with E-state index < -0.39 is 0 Å². The first-order valence-corrected chi connectivity index (χ1v) is 5.13. The Balaban J connectivity index is 2.71. The van der Waals surface area contributed by atoms with E-state index in [1.54, 1.807) is 0 Å². The molecule has 1 saturated heterocycles. The van der Waals surface area contributed by atoms with E-state index in [2.05, 4.69) is 37.9 Å². The number of carbonyl (C=O) groups excluding carboxylic acids is 1. The highest BCUT2D eigenvalue weighted by Gasteiger charge is 2.31. The Morgan fingerprint density at radius 1 is 1.62 bits per heavy atom. The van der Waals surface area contributed by atoms with Crippen molar-refractivity contribution in [1.82, 2.24) is 10.2 Å². The molecule has 0 saturated carbocycles. The Morgan fingerprint density at radius 3 is 2.69 bits per heavy atom. The number of nitrogens with one attached hydrogen (secondary N) is 1. The Bertz CT molecular complexity index is 191.